The molecule has 2 rings (SSSR count). The van der Waals surface area contributed by atoms with E-state index in [0.29, 0.717) is 0 Å². The van der Waals surface area contributed by atoms with Crippen LogP contribution < -0.4 is 5.73 Å². The molecular weight excluding hydrogens is 234 g/mol. The molecule has 0 aromatic heterocycles. The van der Waals surface area contributed by atoms with Gasteiger partial charge in [0.25, 0.3) is 0 Å². The Labute approximate surface area is 119 Å². The van der Waals surface area contributed by atoms with Gasteiger partial charge in [0.1, 0.15) is 0 Å². The largest absolute Gasteiger partial charge is 0.330 e. The van der Waals surface area contributed by atoms with E-state index in [9.17, 15) is 0 Å². The number of rotatable bonds is 7. The summed E-state index contributed by atoms with van der Waals surface area (Å²) in [4.78, 5) is 5.35. The first-order valence-corrected chi connectivity index (χ1v) is 8.51. The van der Waals surface area contributed by atoms with Crippen LogP contribution in [0.1, 0.15) is 51.9 Å². The van der Waals surface area contributed by atoms with E-state index in [1.165, 1.54) is 77.7 Å². The van der Waals surface area contributed by atoms with Crippen LogP contribution in [0.2, 0.25) is 0 Å². The van der Waals surface area contributed by atoms with Crippen molar-refractivity contribution < 1.29 is 0 Å². The maximum absolute atomic E-state index is 5.98. The van der Waals surface area contributed by atoms with Crippen LogP contribution >= 0.6 is 0 Å². The topological polar surface area (TPSA) is 32.5 Å². The molecule has 1 heterocycles. The molecule has 2 aliphatic rings. The van der Waals surface area contributed by atoms with E-state index in [2.05, 4.69) is 16.7 Å². The lowest BCUT2D eigenvalue weighted by molar-refractivity contribution is 0.107. The normalized spacial score (nSPS) is 29.2. The van der Waals surface area contributed by atoms with Crippen LogP contribution in [0, 0.1) is 5.92 Å². The fourth-order valence-corrected chi connectivity index (χ4v) is 4.01. The van der Waals surface area contributed by atoms with Crippen molar-refractivity contribution in [2.24, 2.45) is 11.7 Å². The molecule has 3 heteroatoms. The molecule has 1 aliphatic heterocycles. The van der Waals surface area contributed by atoms with Crippen LogP contribution in [-0.4, -0.2) is 55.1 Å². The first-order valence-electron chi connectivity index (χ1n) is 8.51. The summed E-state index contributed by atoms with van der Waals surface area (Å²) < 4.78 is 0. The van der Waals surface area contributed by atoms with Gasteiger partial charge in [0.15, 0.2) is 0 Å². The van der Waals surface area contributed by atoms with Crippen molar-refractivity contribution in [1.82, 2.24) is 9.80 Å². The number of nitrogens with two attached hydrogens (primary N) is 1. The van der Waals surface area contributed by atoms with E-state index < -0.39 is 0 Å². The van der Waals surface area contributed by atoms with Gasteiger partial charge in [-0.3, -0.25) is 0 Å². The summed E-state index contributed by atoms with van der Waals surface area (Å²) in [6.07, 6.45) is 9.68. The van der Waals surface area contributed by atoms with Gasteiger partial charge in [-0.05, 0) is 77.3 Å². The standard InChI is InChI=1S/C16H33N3/c1-2-19(13-7-12-18-10-5-6-11-18)16-9-4-3-8-15(16)14-17/h15-16H,2-14,17H2,1H3. The molecule has 1 saturated carbocycles. The van der Waals surface area contributed by atoms with Gasteiger partial charge in [0, 0.05) is 6.04 Å². The van der Waals surface area contributed by atoms with Gasteiger partial charge in [-0.2, -0.15) is 0 Å². The Balaban J connectivity index is 1.74. The minimum Gasteiger partial charge on any atom is -0.330 e. The third kappa shape index (κ3) is 4.44. The summed E-state index contributed by atoms with van der Waals surface area (Å²) in [5.41, 5.74) is 5.98. The van der Waals surface area contributed by atoms with Crippen molar-refractivity contribution >= 4 is 0 Å². The monoisotopic (exact) mass is 267 g/mol. The van der Waals surface area contributed by atoms with Crippen molar-refractivity contribution in [3.05, 3.63) is 0 Å². The molecule has 0 aromatic rings. The zero-order chi connectivity index (χ0) is 13.5. The molecule has 112 valence electrons. The molecule has 0 radical (unpaired) electrons. The lowest BCUT2D eigenvalue weighted by Crippen LogP contribution is -2.45. The minimum atomic E-state index is 0.750. The second kappa shape index (κ2) is 8.23. The summed E-state index contributed by atoms with van der Waals surface area (Å²) in [7, 11) is 0. The van der Waals surface area contributed by atoms with Crippen molar-refractivity contribution in [2.45, 2.75) is 57.9 Å². The SMILES string of the molecule is CCN(CCCN1CCCC1)C1CCCCC1CN. The van der Waals surface area contributed by atoms with E-state index in [0.717, 1.165) is 18.5 Å². The second-order valence-corrected chi connectivity index (χ2v) is 6.38. The fourth-order valence-electron chi connectivity index (χ4n) is 4.01. The summed E-state index contributed by atoms with van der Waals surface area (Å²) in [6.45, 7) is 9.64. The first-order chi connectivity index (χ1) is 9.35. The summed E-state index contributed by atoms with van der Waals surface area (Å²) in [5.74, 6) is 0.750. The Morgan fingerprint density at radius 2 is 1.84 bits per heavy atom. The van der Waals surface area contributed by atoms with E-state index in [-0.39, 0.29) is 0 Å². The molecule has 2 atom stereocenters. The van der Waals surface area contributed by atoms with Crippen LogP contribution in [0.5, 0.6) is 0 Å². The van der Waals surface area contributed by atoms with Crippen molar-refractivity contribution in [2.75, 3.05) is 39.3 Å². The zero-order valence-corrected chi connectivity index (χ0v) is 12.8. The van der Waals surface area contributed by atoms with Gasteiger partial charge in [-0.15, -0.1) is 0 Å². The first kappa shape index (κ1) is 15.3. The van der Waals surface area contributed by atoms with Gasteiger partial charge in [0.05, 0.1) is 0 Å². The van der Waals surface area contributed by atoms with Crippen molar-refractivity contribution in [1.29, 1.82) is 0 Å². The fraction of sp³-hybridized carbons (Fsp3) is 1.00. The molecule has 1 saturated heterocycles. The molecule has 1 aliphatic carbocycles. The number of hydrogen-bond acceptors (Lipinski definition) is 3. The Hall–Kier alpha value is -0.120. The van der Waals surface area contributed by atoms with Gasteiger partial charge in [-0.1, -0.05) is 19.8 Å². The van der Waals surface area contributed by atoms with Gasteiger partial charge in [-0.25, -0.2) is 0 Å². The molecule has 2 N–H and O–H groups in total. The van der Waals surface area contributed by atoms with Gasteiger partial charge < -0.3 is 15.5 Å². The molecule has 2 fully saturated rings. The average Bonchev–Trinajstić information content (AvgIpc) is 2.97. The van der Waals surface area contributed by atoms with Crippen LogP contribution in [0.4, 0.5) is 0 Å². The number of likely N-dealkylation sites (tertiary alicyclic amines) is 1. The summed E-state index contributed by atoms with van der Waals surface area (Å²) in [6, 6.07) is 0.766. The molecule has 19 heavy (non-hydrogen) atoms. The highest BCUT2D eigenvalue weighted by Crippen LogP contribution is 2.27. The van der Waals surface area contributed by atoms with Gasteiger partial charge >= 0.3 is 0 Å². The second-order valence-electron chi connectivity index (χ2n) is 6.38. The van der Waals surface area contributed by atoms with E-state index >= 15 is 0 Å². The van der Waals surface area contributed by atoms with Crippen LogP contribution in [0.3, 0.4) is 0 Å². The van der Waals surface area contributed by atoms with E-state index in [1.807, 2.05) is 0 Å². The number of hydrogen-bond donors (Lipinski definition) is 1. The lowest BCUT2D eigenvalue weighted by Gasteiger charge is -2.39. The van der Waals surface area contributed by atoms with Crippen LogP contribution in [0.15, 0.2) is 0 Å². The third-order valence-corrected chi connectivity index (χ3v) is 5.17. The highest BCUT2D eigenvalue weighted by molar-refractivity contribution is 4.83. The van der Waals surface area contributed by atoms with E-state index in [4.69, 9.17) is 5.73 Å². The highest BCUT2D eigenvalue weighted by atomic mass is 15.2. The van der Waals surface area contributed by atoms with Crippen LogP contribution in [-0.2, 0) is 0 Å². The quantitative estimate of drug-likeness (QED) is 0.768. The molecule has 3 nitrogen and oxygen atoms in total. The van der Waals surface area contributed by atoms with Crippen LogP contribution in [0.25, 0.3) is 0 Å². The summed E-state index contributed by atoms with van der Waals surface area (Å²) in [5, 5.41) is 0. The predicted octanol–water partition coefficient (Wildman–Crippen LogP) is 2.31. The van der Waals surface area contributed by atoms with Crippen molar-refractivity contribution in [3.8, 4) is 0 Å². The predicted molar refractivity (Wildman–Crippen MR) is 82.3 cm³/mol. The zero-order valence-electron chi connectivity index (χ0n) is 12.8. The molecule has 0 bridgehead atoms. The Morgan fingerprint density at radius 3 is 2.53 bits per heavy atom. The number of nitrogens with zero attached hydrogens (tertiary/aromatic N) is 2. The molecular formula is C16H33N3. The maximum Gasteiger partial charge on any atom is 0.0135 e. The lowest BCUT2D eigenvalue weighted by atomic mass is 9.83. The molecule has 0 aromatic carbocycles. The van der Waals surface area contributed by atoms with Gasteiger partial charge in [0.2, 0.25) is 0 Å². The Bertz CT molecular complexity index is 238. The molecule has 0 spiro atoms. The minimum absolute atomic E-state index is 0.750. The third-order valence-electron chi connectivity index (χ3n) is 5.17. The average molecular weight is 267 g/mol. The van der Waals surface area contributed by atoms with E-state index in [1.54, 1.807) is 0 Å². The Morgan fingerprint density at radius 1 is 1.11 bits per heavy atom. The maximum atomic E-state index is 5.98. The highest BCUT2D eigenvalue weighted by Gasteiger charge is 2.28. The molecule has 2 unspecified atom stereocenters. The Kier molecular flexibility index (Phi) is 6.62. The smallest absolute Gasteiger partial charge is 0.0135 e. The molecule has 0 amide bonds. The summed E-state index contributed by atoms with van der Waals surface area (Å²) >= 11 is 0. The van der Waals surface area contributed by atoms with Crippen molar-refractivity contribution in [3.63, 3.8) is 0 Å².